The van der Waals surface area contributed by atoms with Crippen LogP contribution in [0.4, 0.5) is 0 Å². The molecular weight excluding hydrogens is 364 g/mol. The van der Waals surface area contributed by atoms with Crippen molar-refractivity contribution in [1.82, 2.24) is 0 Å². The maximum atomic E-state index is 13.7. The first-order chi connectivity index (χ1) is 13.6. The number of ether oxygens (including phenoxy) is 6. The smallest absolute Gasteiger partial charge is 0.183 e. The van der Waals surface area contributed by atoms with E-state index in [1.807, 2.05) is 12.1 Å². The number of rotatable bonds is 10. The van der Waals surface area contributed by atoms with Crippen LogP contribution >= 0.6 is 0 Å². The zero-order valence-electron chi connectivity index (χ0n) is 17.0. The van der Waals surface area contributed by atoms with Crippen LogP contribution in [0.3, 0.4) is 0 Å². The highest BCUT2D eigenvalue weighted by molar-refractivity contribution is 6.06. The van der Waals surface area contributed by atoms with Crippen molar-refractivity contribution in [2.24, 2.45) is 0 Å². The van der Waals surface area contributed by atoms with E-state index in [4.69, 9.17) is 28.4 Å². The topological polar surface area (TPSA) is 72.5 Å². The van der Waals surface area contributed by atoms with Crippen LogP contribution in [0.15, 0.2) is 36.4 Å². The first-order valence-electron chi connectivity index (χ1n) is 8.58. The minimum atomic E-state index is -0.847. The number of benzene rings is 2. The molecule has 0 fully saturated rings. The summed E-state index contributed by atoms with van der Waals surface area (Å²) in [6.07, 6.45) is -0.847. The molecule has 0 radical (unpaired) electrons. The standard InChI is InChI=1S/C21H26O7/c1-23-13-11-16(25-3)19(17(12-13)26-4)20(22)18(21(27-5)28-6)14-9-7-8-10-15(14)24-2/h7-12,18,21H,1-6H3. The lowest BCUT2D eigenvalue weighted by molar-refractivity contribution is -0.110. The molecule has 28 heavy (non-hydrogen) atoms. The first kappa shape index (κ1) is 21.5. The van der Waals surface area contributed by atoms with Gasteiger partial charge in [0, 0.05) is 31.9 Å². The van der Waals surface area contributed by atoms with Crippen molar-refractivity contribution in [3.63, 3.8) is 0 Å². The summed E-state index contributed by atoms with van der Waals surface area (Å²) in [5.41, 5.74) is 0.893. The minimum Gasteiger partial charge on any atom is -0.496 e. The van der Waals surface area contributed by atoms with E-state index in [1.165, 1.54) is 35.5 Å². The maximum Gasteiger partial charge on any atom is 0.183 e. The summed E-state index contributed by atoms with van der Waals surface area (Å²) in [4.78, 5) is 13.7. The van der Waals surface area contributed by atoms with Gasteiger partial charge >= 0.3 is 0 Å². The predicted octanol–water partition coefficient (Wildman–Crippen LogP) is 3.31. The quantitative estimate of drug-likeness (QED) is 0.455. The van der Waals surface area contributed by atoms with Crippen LogP contribution < -0.4 is 18.9 Å². The Labute approximate surface area is 165 Å². The zero-order chi connectivity index (χ0) is 20.7. The number of ketones is 1. The van der Waals surface area contributed by atoms with Crippen molar-refractivity contribution >= 4 is 5.78 Å². The van der Waals surface area contributed by atoms with Crippen LogP contribution in [0.1, 0.15) is 21.8 Å². The highest BCUT2D eigenvalue weighted by Crippen LogP contribution is 2.40. The Kier molecular flexibility index (Phi) is 7.66. The summed E-state index contributed by atoms with van der Waals surface area (Å²) in [6, 6.07) is 10.5. The highest BCUT2D eigenvalue weighted by atomic mass is 16.7. The molecule has 1 unspecified atom stereocenters. The van der Waals surface area contributed by atoms with Crippen LogP contribution in [-0.2, 0) is 9.47 Å². The number of carbonyl (C=O) groups excluding carboxylic acids is 1. The number of methoxy groups -OCH3 is 6. The Hall–Kier alpha value is -2.77. The van der Waals surface area contributed by atoms with Gasteiger partial charge in [-0.15, -0.1) is 0 Å². The molecule has 0 bridgehead atoms. The molecule has 2 aromatic carbocycles. The molecule has 0 aromatic heterocycles. The van der Waals surface area contributed by atoms with Crippen molar-refractivity contribution in [3.05, 3.63) is 47.5 Å². The second kappa shape index (κ2) is 9.96. The molecule has 0 saturated carbocycles. The van der Waals surface area contributed by atoms with Gasteiger partial charge in [0.2, 0.25) is 0 Å². The Bertz CT molecular complexity index is 774. The molecule has 0 aliphatic heterocycles. The summed E-state index contributed by atoms with van der Waals surface area (Å²) in [6.45, 7) is 0. The average molecular weight is 390 g/mol. The van der Waals surface area contributed by atoms with Gasteiger partial charge in [0.25, 0.3) is 0 Å². The van der Waals surface area contributed by atoms with Gasteiger partial charge in [-0.3, -0.25) is 4.79 Å². The number of hydrogen-bond acceptors (Lipinski definition) is 7. The highest BCUT2D eigenvalue weighted by Gasteiger charge is 2.36. The Morgan fingerprint density at radius 3 is 1.75 bits per heavy atom. The second-order valence-corrected chi connectivity index (χ2v) is 5.83. The monoisotopic (exact) mass is 390 g/mol. The van der Waals surface area contributed by atoms with E-state index >= 15 is 0 Å². The van der Waals surface area contributed by atoms with Crippen LogP contribution in [0, 0.1) is 0 Å². The van der Waals surface area contributed by atoms with Crippen molar-refractivity contribution in [1.29, 1.82) is 0 Å². The van der Waals surface area contributed by atoms with Crippen molar-refractivity contribution in [3.8, 4) is 23.0 Å². The molecular formula is C21H26O7. The summed E-state index contributed by atoms with van der Waals surface area (Å²) < 4.78 is 32.5. The number of Topliss-reactive ketones (excluding diaryl/α,β-unsaturated/α-hetero) is 1. The lowest BCUT2D eigenvalue weighted by Crippen LogP contribution is -2.30. The van der Waals surface area contributed by atoms with Crippen LogP contribution in [-0.4, -0.2) is 54.7 Å². The fraction of sp³-hybridized carbons (Fsp3) is 0.381. The molecule has 0 spiro atoms. The normalized spacial score (nSPS) is 11.8. The Balaban J connectivity index is 2.70. The van der Waals surface area contributed by atoms with Gasteiger partial charge in [-0.25, -0.2) is 0 Å². The van der Waals surface area contributed by atoms with E-state index in [9.17, 15) is 4.79 Å². The third-order valence-electron chi connectivity index (χ3n) is 4.45. The van der Waals surface area contributed by atoms with Crippen LogP contribution in [0.25, 0.3) is 0 Å². The average Bonchev–Trinajstić information content (AvgIpc) is 2.75. The van der Waals surface area contributed by atoms with Crippen LogP contribution in [0.2, 0.25) is 0 Å². The van der Waals surface area contributed by atoms with E-state index < -0.39 is 12.2 Å². The lowest BCUT2D eigenvalue weighted by atomic mass is 9.88. The molecule has 0 amide bonds. The Morgan fingerprint density at radius 1 is 0.750 bits per heavy atom. The SMILES string of the molecule is COc1cc(OC)c(C(=O)C(c2ccccc2OC)C(OC)OC)c(OC)c1. The molecule has 2 aromatic rings. The van der Waals surface area contributed by atoms with Gasteiger partial charge in [-0.2, -0.15) is 0 Å². The van der Waals surface area contributed by atoms with E-state index in [1.54, 1.807) is 31.4 Å². The molecule has 152 valence electrons. The molecule has 0 saturated heterocycles. The third-order valence-corrected chi connectivity index (χ3v) is 4.45. The molecule has 0 heterocycles. The summed E-state index contributed by atoms with van der Waals surface area (Å²) in [5, 5.41) is 0. The zero-order valence-corrected chi connectivity index (χ0v) is 17.0. The summed E-state index contributed by atoms with van der Waals surface area (Å²) in [5.74, 6) is 0.594. The van der Waals surface area contributed by atoms with E-state index in [0.717, 1.165) is 0 Å². The second-order valence-electron chi connectivity index (χ2n) is 5.83. The lowest BCUT2D eigenvalue weighted by Gasteiger charge is -2.26. The number of carbonyl (C=O) groups is 1. The number of para-hydroxylation sites is 1. The van der Waals surface area contributed by atoms with E-state index in [0.29, 0.717) is 28.6 Å². The predicted molar refractivity (Wildman–Crippen MR) is 104 cm³/mol. The summed E-state index contributed by atoms with van der Waals surface area (Å²) >= 11 is 0. The van der Waals surface area contributed by atoms with Gasteiger partial charge in [-0.1, -0.05) is 18.2 Å². The van der Waals surface area contributed by atoms with Crippen molar-refractivity contribution in [2.45, 2.75) is 12.2 Å². The molecule has 2 rings (SSSR count). The van der Waals surface area contributed by atoms with Crippen LogP contribution in [0.5, 0.6) is 23.0 Å². The molecule has 0 N–H and O–H groups in total. The maximum absolute atomic E-state index is 13.7. The fourth-order valence-corrected chi connectivity index (χ4v) is 3.11. The molecule has 7 heteroatoms. The fourth-order valence-electron chi connectivity index (χ4n) is 3.11. The van der Waals surface area contributed by atoms with Gasteiger partial charge < -0.3 is 28.4 Å². The summed E-state index contributed by atoms with van der Waals surface area (Å²) in [7, 11) is 8.99. The van der Waals surface area contributed by atoms with E-state index in [2.05, 4.69) is 0 Å². The molecule has 7 nitrogen and oxygen atoms in total. The van der Waals surface area contributed by atoms with Gasteiger partial charge in [-0.05, 0) is 6.07 Å². The van der Waals surface area contributed by atoms with Crippen molar-refractivity contribution < 1.29 is 33.2 Å². The molecule has 1 atom stereocenters. The van der Waals surface area contributed by atoms with Crippen molar-refractivity contribution in [2.75, 3.05) is 42.7 Å². The third kappa shape index (κ3) is 4.21. The minimum absolute atomic E-state index is 0.265. The molecule has 0 aliphatic rings. The van der Waals surface area contributed by atoms with Gasteiger partial charge in [0.15, 0.2) is 12.1 Å². The van der Waals surface area contributed by atoms with E-state index in [-0.39, 0.29) is 11.3 Å². The molecule has 0 aliphatic carbocycles. The van der Waals surface area contributed by atoms with Gasteiger partial charge in [0.1, 0.15) is 34.5 Å². The Morgan fingerprint density at radius 2 is 1.29 bits per heavy atom. The first-order valence-corrected chi connectivity index (χ1v) is 8.58. The van der Waals surface area contributed by atoms with Gasteiger partial charge in [0.05, 0.1) is 28.4 Å². The largest absolute Gasteiger partial charge is 0.496 e. The number of hydrogen-bond donors (Lipinski definition) is 0.